The molecule has 3 aromatic rings. The number of benzene rings is 3. The molecule has 0 saturated heterocycles. The molecule has 0 aliphatic heterocycles. The molecule has 2 N–H and O–H groups in total. The molecule has 15 heteroatoms. The normalized spacial score (nSPS) is 22.0. The number of halogens is 9. The van der Waals surface area contributed by atoms with E-state index in [0.717, 1.165) is 24.3 Å². The largest absolute Gasteiger partial charge is 0.430 e. The summed E-state index contributed by atoms with van der Waals surface area (Å²) in [5.41, 5.74) is -7.92. The molecule has 1 aliphatic rings. The van der Waals surface area contributed by atoms with E-state index in [1.54, 1.807) is 0 Å². The van der Waals surface area contributed by atoms with Crippen molar-refractivity contribution < 1.29 is 62.9 Å². The van der Waals surface area contributed by atoms with Gasteiger partial charge in [-0.1, -0.05) is 24.3 Å². The summed E-state index contributed by atoms with van der Waals surface area (Å²) in [5, 5.41) is 20.4. The summed E-state index contributed by atoms with van der Waals surface area (Å²) in [6, 6.07) is 6.80. The van der Waals surface area contributed by atoms with Crippen molar-refractivity contribution in [3.63, 3.8) is 0 Å². The molecule has 3 atom stereocenters. The number of hydrogen-bond acceptors (Lipinski definition) is 5. The second kappa shape index (κ2) is 10.8. The van der Waals surface area contributed by atoms with Gasteiger partial charge in [-0.05, 0) is 60.9 Å². The fourth-order valence-electron chi connectivity index (χ4n) is 5.06. The molecule has 0 amide bonds. The Balaban J connectivity index is 1.84. The van der Waals surface area contributed by atoms with Crippen molar-refractivity contribution >= 4 is 9.84 Å². The van der Waals surface area contributed by atoms with E-state index >= 15 is 0 Å². The number of hydrogen-bond donors (Lipinski definition) is 2. The van der Waals surface area contributed by atoms with Gasteiger partial charge in [0.25, 0.3) is 5.60 Å². The van der Waals surface area contributed by atoms with Gasteiger partial charge in [0, 0.05) is 11.1 Å². The van der Waals surface area contributed by atoms with Gasteiger partial charge in [-0.15, -0.1) is 0 Å². The Labute approximate surface area is 233 Å². The fourth-order valence-corrected chi connectivity index (χ4v) is 7.24. The van der Waals surface area contributed by atoms with Crippen LogP contribution in [0.3, 0.4) is 0 Å². The molecule has 4 rings (SSSR count). The highest BCUT2D eigenvalue weighted by molar-refractivity contribution is 7.92. The van der Waals surface area contributed by atoms with Gasteiger partial charge < -0.3 is 14.9 Å². The third kappa shape index (κ3) is 5.27. The first-order valence-corrected chi connectivity index (χ1v) is 13.5. The van der Waals surface area contributed by atoms with E-state index in [1.165, 1.54) is 0 Å². The van der Waals surface area contributed by atoms with Gasteiger partial charge in [0.2, 0.25) is 0 Å². The van der Waals surface area contributed by atoms with E-state index in [1.807, 2.05) is 0 Å². The molecular weight excluding hydrogens is 607 g/mol. The van der Waals surface area contributed by atoms with Crippen molar-refractivity contribution in [1.29, 1.82) is 0 Å². The Bertz CT molecular complexity index is 1510. The molecule has 3 aromatic carbocycles. The maximum atomic E-state index is 14.3. The van der Waals surface area contributed by atoms with Gasteiger partial charge in [-0.2, -0.15) is 26.3 Å². The maximum absolute atomic E-state index is 14.3. The Morgan fingerprint density at radius 1 is 0.762 bits per heavy atom. The number of ether oxygens (including phenoxy) is 1. The highest BCUT2D eigenvalue weighted by atomic mass is 32.2. The molecule has 5 nitrogen and oxygen atoms in total. The van der Waals surface area contributed by atoms with Crippen LogP contribution < -0.4 is 0 Å². The van der Waals surface area contributed by atoms with E-state index < -0.39 is 97.7 Å². The average molecular weight is 629 g/mol. The second-order valence-electron chi connectivity index (χ2n) is 9.77. The van der Waals surface area contributed by atoms with E-state index in [4.69, 9.17) is 0 Å². The average Bonchev–Trinajstić information content (AvgIpc) is 3.21. The first kappa shape index (κ1) is 31.8. The van der Waals surface area contributed by atoms with E-state index in [9.17, 15) is 58.1 Å². The molecular formula is C27H21F9O5S. The summed E-state index contributed by atoms with van der Waals surface area (Å²) >= 11 is 0. The van der Waals surface area contributed by atoms with Gasteiger partial charge in [-0.3, -0.25) is 0 Å². The zero-order chi connectivity index (χ0) is 31.3. The molecule has 1 aliphatic carbocycles. The van der Waals surface area contributed by atoms with Crippen LogP contribution in [0.25, 0.3) is 0 Å². The van der Waals surface area contributed by atoms with E-state index in [-0.39, 0.29) is 5.56 Å². The molecule has 1 fully saturated rings. The van der Waals surface area contributed by atoms with Crippen LogP contribution in [0.1, 0.15) is 29.5 Å². The molecule has 0 bridgehead atoms. The summed E-state index contributed by atoms with van der Waals surface area (Å²) in [4.78, 5) is -0.477. The van der Waals surface area contributed by atoms with E-state index in [2.05, 4.69) is 4.74 Å². The number of aliphatic hydroxyl groups is 2. The minimum absolute atomic E-state index is 0.317. The SMILES string of the molecule is O=S(=O)(c1ccc(F)cc1)C1(c2ccc(C(OCc3cc(F)ccc3F)(C(F)(F)F)C(F)(F)F)cc2)C[C@@H](O)[C@@H](O)C1. The molecule has 0 aromatic heterocycles. The first-order valence-electron chi connectivity index (χ1n) is 12.0. The molecule has 0 radical (unpaired) electrons. The summed E-state index contributed by atoms with van der Waals surface area (Å²) in [6.07, 6.45) is -17.0. The van der Waals surface area contributed by atoms with Gasteiger partial charge in [0.05, 0.1) is 23.7 Å². The number of sulfone groups is 1. The monoisotopic (exact) mass is 628 g/mol. The van der Waals surface area contributed by atoms with E-state index in [0.29, 0.717) is 42.5 Å². The zero-order valence-electron chi connectivity index (χ0n) is 21.1. The quantitative estimate of drug-likeness (QED) is 0.255. The highest BCUT2D eigenvalue weighted by Gasteiger charge is 2.73. The first-order chi connectivity index (χ1) is 19.4. The Morgan fingerprint density at radius 2 is 1.26 bits per heavy atom. The fraction of sp³-hybridized carbons (Fsp3) is 0.333. The van der Waals surface area contributed by atoms with Crippen molar-refractivity contribution in [1.82, 2.24) is 0 Å². The predicted molar refractivity (Wildman–Crippen MR) is 128 cm³/mol. The summed E-state index contributed by atoms with van der Waals surface area (Å²) < 4.78 is 156. The molecule has 1 saturated carbocycles. The molecule has 0 spiro atoms. The van der Waals surface area contributed by atoms with Gasteiger partial charge >= 0.3 is 12.4 Å². The van der Waals surface area contributed by atoms with Gasteiger partial charge in [0.1, 0.15) is 22.2 Å². The maximum Gasteiger partial charge on any atom is 0.430 e. The Morgan fingerprint density at radius 3 is 1.76 bits per heavy atom. The van der Waals surface area contributed by atoms with Crippen molar-refractivity contribution in [2.24, 2.45) is 0 Å². The molecule has 228 valence electrons. The van der Waals surface area contributed by atoms with Crippen LogP contribution in [-0.2, 0) is 31.5 Å². The van der Waals surface area contributed by atoms with Gasteiger partial charge in [0.15, 0.2) is 9.84 Å². The topological polar surface area (TPSA) is 83.8 Å². The number of rotatable bonds is 7. The molecule has 42 heavy (non-hydrogen) atoms. The Kier molecular flexibility index (Phi) is 8.21. The van der Waals surface area contributed by atoms with Crippen molar-refractivity contribution in [2.45, 2.75) is 59.3 Å². The minimum Gasteiger partial charge on any atom is -0.390 e. The van der Waals surface area contributed by atoms with Crippen LogP contribution >= 0.6 is 0 Å². The lowest BCUT2D eigenvalue weighted by Crippen LogP contribution is -2.55. The molecule has 0 heterocycles. The van der Waals surface area contributed by atoms with Crippen molar-refractivity contribution in [3.8, 4) is 0 Å². The van der Waals surface area contributed by atoms with Crippen LogP contribution in [0, 0.1) is 17.5 Å². The predicted octanol–water partition coefficient (Wildman–Crippen LogP) is 5.83. The number of alkyl halides is 6. The standard InChI is InChI=1S/C27H21F9O5S/c28-18-5-8-20(9-6-18)42(39,40)24(12-22(37)23(38)13-24)16-1-3-17(4-2-16)25(26(31,32)33,27(34,35)36)41-14-15-11-19(29)7-10-21(15)30/h1-11,22-23,37-38H,12-14H2/t22-,23+,24?. The third-order valence-corrected chi connectivity index (χ3v) is 9.72. The smallest absolute Gasteiger partial charge is 0.390 e. The lowest BCUT2D eigenvalue weighted by atomic mass is 9.88. The zero-order valence-corrected chi connectivity index (χ0v) is 21.9. The van der Waals surface area contributed by atoms with Crippen LogP contribution in [0.2, 0.25) is 0 Å². The van der Waals surface area contributed by atoms with Crippen molar-refractivity contribution in [2.75, 3.05) is 0 Å². The second-order valence-corrected chi connectivity index (χ2v) is 12.0. The molecule has 1 unspecified atom stereocenters. The number of aliphatic hydroxyl groups excluding tert-OH is 2. The lowest BCUT2D eigenvalue weighted by molar-refractivity contribution is -0.392. The van der Waals surface area contributed by atoms with Crippen LogP contribution in [0.5, 0.6) is 0 Å². The highest BCUT2D eigenvalue weighted by Crippen LogP contribution is 2.54. The summed E-state index contributed by atoms with van der Waals surface area (Å²) in [5.74, 6) is -3.26. The Hall–Kier alpha value is -3.14. The van der Waals surface area contributed by atoms with Gasteiger partial charge in [-0.25, -0.2) is 21.6 Å². The summed E-state index contributed by atoms with van der Waals surface area (Å²) in [6.45, 7) is -1.65. The van der Waals surface area contributed by atoms with Crippen LogP contribution in [0.4, 0.5) is 39.5 Å². The van der Waals surface area contributed by atoms with Crippen molar-refractivity contribution in [3.05, 3.63) is 101 Å². The van der Waals surface area contributed by atoms with Crippen LogP contribution in [-0.4, -0.2) is 43.2 Å². The lowest BCUT2D eigenvalue weighted by Gasteiger charge is -2.38. The third-order valence-electron chi connectivity index (χ3n) is 7.23. The minimum atomic E-state index is -6.20. The summed E-state index contributed by atoms with van der Waals surface area (Å²) in [7, 11) is -4.64. The van der Waals surface area contributed by atoms with Crippen LogP contribution in [0.15, 0.2) is 71.6 Å².